The first kappa shape index (κ1) is 13.6. The number of ether oxygens (including phenoxy) is 1. The molecular weight excluding hydrogens is 250 g/mol. The van der Waals surface area contributed by atoms with Crippen LogP contribution in [0.15, 0.2) is 30.3 Å². The van der Waals surface area contributed by atoms with Gasteiger partial charge in [0.05, 0.1) is 11.6 Å². The summed E-state index contributed by atoms with van der Waals surface area (Å²) in [5.41, 5.74) is 1.08. The maximum atomic E-state index is 12.1. The van der Waals surface area contributed by atoms with Crippen molar-refractivity contribution in [3.63, 3.8) is 0 Å². The van der Waals surface area contributed by atoms with Gasteiger partial charge in [-0.15, -0.1) is 0 Å². The van der Waals surface area contributed by atoms with Crippen molar-refractivity contribution in [1.82, 2.24) is 5.32 Å². The highest BCUT2D eigenvalue weighted by Gasteiger charge is 2.39. The van der Waals surface area contributed by atoms with Gasteiger partial charge in [-0.05, 0) is 37.7 Å². The number of benzene rings is 1. The first-order valence-corrected chi connectivity index (χ1v) is 7.77. The lowest BCUT2D eigenvalue weighted by molar-refractivity contribution is -0.130. The Morgan fingerprint density at radius 2 is 1.85 bits per heavy atom. The maximum Gasteiger partial charge on any atom is 0.246 e. The molecule has 0 radical (unpaired) electrons. The molecule has 2 aliphatic carbocycles. The first-order chi connectivity index (χ1) is 9.78. The van der Waals surface area contributed by atoms with Crippen molar-refractivity contribution < 1.29 is 9.53 Å². The van der Waals surface area contributed by atoms with Crippen molar-refractivity contribution in [2.45, 2.75) is 56.6 Å². The molecule has 0 saturated heterocycles. The Labute approximate surface area is 120 Å². The Balaban J connectivity index is 1.56. The van der Waals surface area contributed by atoms with Gasteiger partial charge in [0.15, 0.2) is 0 Å². The van der Waals surface area contributed by atoms with E-state index in [1.54, 1.807) is 0 Å². The summed E-state index contributed by atoms with van der Waals surface area (Å²) in [6, 6.07) is 10.3. The molecule has 20 heavy (non-hydrogen) atoms. The molecule has 3 heteroatoms. The van der Waals surface area contributed by atoms with Crippen molar-refractivity contribution in [3.8, 4) is 0 Å². The molecule has 3 rings (SSSR count). The molecule has 1 aromatic carbocycles. The van der Waals surface area contributed by atoms with E-state index in [4.69, 9.17) is 4.74 Å². The van der Waals surface area contributed by atoms with E-state index < -0.39 is 0 Å². The third kappa shape index (κ3) is 2.88. The van der Waals surface area contributed by atoms with Crippen LogP contribution in [0.1, 0.15) is 50.5 Å². The lowest BCUT2D eigenvalue weighted by Gasteiger charge is -2.43. The predicted molar refractivity (Wildman–Crippen MR) is 78.3 cm³/mol. The molecule has 0 aromatic heterocycles. The molecule has 0 spiro atoms. The van der Waals surface area contributed by atoms with Crippen LogP contribution in [0.5, 0.6) is 0 Å². The minimum atomic E-state index is -0.141. The van der Waals surface area contributed by atoms with Gasteiger partial charge in [-0.2, -0.15) is 0 Å². The Bertz CT molecular complexity index is 447. The number of hydrogen-bond donors (Lipinski definition) is 1. The SMILES string of the molecule is O=C(COC1CCCC1)NC1(c2ccccc2)CCC1. The molecular formula is C17H23NO2. The molecule has 2 saturated carbocycles. The average molecular weight is 273 g/mol. The van der Waals surface area contributed by atoms with E-state index in [2.05, 4.69) is 17.4 Å². The highest BCUT2D eigenvalue weighted by Crippen LogP contribution is 2.41. The van der Waals surface area contributed by atoms with Gasteiger partial charge in [-0.3, -0.25) is 4.79 Å². The molecule has 0 heterocycles. The van der Waals surface area contributed by atoms with E-state index in [-0.39, 0.29) is 18.1 Å². The molecule has 2 fully saturated rings. The largest absolute Gasteiger partial charge is 0.368 e. The molecule has 1 amide bonds. The van der Waals surface area contributed by atoms with Crippen LogP contribution >= 0.6 is 0 Å². The van der Waals surface area contributed by atoms with Crippen LogP contribution in [0.4, 0.5) is 0 Å². The molecule has 3 nitrogen and oxygen atoms in total. The molecule has 1 aromatic rings. The van der Waals surface area contributed by atoms with Crippen molar-refractivity contribution in [2.75, 3.05) is 6.61 Å². The Hall–Kier alpha value is -1.35. The zero-order valence-electron chi connectivity index (χ0n) is 11.9. The van der Waals surface area contributed by atoms with Crippen LogP contribution in [0.3, 0.4) is 0 Å². The van der Waals surface area contributed by atoms with Crippen molar-refractivity contribution in [1.29, 1.82) is 0 Å². The van der Waals surface area contributed by atoms with Gasteiger partial charge in [0, 0.05) is 0 Å². The summed E-state index contributed by atoms with van der Waals surface area (Å²) >= 11 is 0. The normalized spacial score (nSPS) is 21.4. The van der Waals surface area contributed by atoms with E-state index >= 15 is 0 Å². The second-order valence-corrected chi connectivity index (χ2v) is 6.07. The summed E-state index contributed by atoms with van der Waals surface area (Å²) in [7, 11) is 0. The number of carbonyl (C=O) groups excluding carboxylic acids is 1. The van der Waals surface area contributed by atoms with E-state index in [0.29, 0.717) is 6.10 Å². The van der Waals surface area contributed by atoms with Crippen LogP contribution in [0.25, 0.3) is 0 Å². The fourth-order valence-corrected chi connectivity index (χ4v) is 3.32. The summed E-state index contributed by atoms with van der Waals surface area (Å²) in [6.45, 7) is 0.208. The third-order valence-corrected chi connectivity index (χ3v) is 4.66. The van der Waals surface area contributed by atoms with Crippen LogP contribution in [-0.2, 0) is 15.1 Å². The fraction of sp³-hybridized carbons (Fsp3) is 0.588. The monoisotopic (exact) mass is 273 g/mol. The van der Waals surface area contributed by atoms with E-state index in [9.17, 15) is 4.79 Å². The average Bonchev–Trinajstić information content (AvgIpc) is 2.95. The summed E-state index contributed by atoms with van der Waals surface area (Å²) < 4.78 is 5.70. The molecule has 0 unspecified atom stereocenters. The number of rotatable bonds is 5. The van der Waals surface area contributed by atoms with Crippen LogP contribution in [0, 0.1) is 0 Å². The second kappa shape index (κ2) is 5.96. The van der Waals surface area contributed by atoms with Crippen molar-refractivity contribution in [3.05, 3.63) is 35.9 Å². The van der Waals surface area contributed by atoms with Gasteiger partial charge in [0.25, 0.3) is 0 Å². The molecule has 108 valence electrons. The summed E-state index contributed by atoms with van der Waals surface area (Å²) in [4.78, 5) is 12.1. The molecule has 0 aliphatic heterocycles. The van der Waals surface area contributed by atoms with Gasteiger partial charge in [0.1, 0.15) is 6.61 Å². The minimum Gasteiger partial charge on any atom is -0.368 e. The number of amides is 1. The highest BCUT2D eigenvalue weighted by molar-refractivity contribution is 5.78. The van der Waals surface area contributed by atoms with E-state index in [0.717, 1.165) is 25.7 Å². The van der Waals surface area contributed by atoms with Crippen molar-refractivity contribution >= 4 is 5.91 Å². The zero-order chi connectivity index (χ0) is 13.8. The Morgan fingerprint density at radius 3 is 2.45 bits per heavy atom. The number of hydrogen-bond acceptors (Lipinski definition) is 2. The lowest BCUT2D eigenvalue weighted by Crippen LogP contribution is -2.52. The summed E-state index contributed by atoms with van der Waals surface area (Å²) in [6.07, 6.45) is 8.24. The van der Waals surface area contributed by atoms with Gasteiger partial charge in [-0.25, -0.2) is 0 Å². The van der Waals surface area contributed by atoms with Gasteiger partial charge >= 0.3 is 0 Å². The minimum absolute atomic E-state index is 0.0282. The Kier molecular flexibility index (Phi) is 4.06. The highest BCUT2D eigenvalue weighted by atomic mass is 16.5. The third-order valence-electron chi connectivity index (χ3n) is 4.66. The second-order valence-electron chi connectivity index (χ2n) is 6.07. The molecule has 2 aliphatic rings. The first-order valence-electron chi connectivity index (χ1n) is 7.77. The zero-order valence-corrected chi connectivity index (χ0v) is 11.9. The number of carbonyl (C=O) groups is 1. The van der Waals surface area contributed by atoms with E-state index in [1.165, 1.54) is 24.8 Å². The summed E-state index contributed by atoms with van der Waals surface area (Å²) in [5, 5.41) is 3.21. The van der Waals surface area contributed by atoms with Gasteiger partial charge < -0.3 is 10.1 Å². The summed E-state index contributed by atoms with van der Waals surface area (Å²) in [5.74, 6) is 0.0282. The van der Waals surface area contributed by atoms with Gasteiger partial charge in [-0.1, -0.05) is 43.2 Å². The predicted octanol–water partition coefficient (Wildman–Crippen LogP) is 3.14. The molecule has 0 bridgehead atoms. The van der Waals surface area contributed by atoms with Crippen molar-refractivity contribution in [2.24, 2.45) is 0 Å². The Morgan fingerprint density at radius 1 is 1.15 bits per heavy atom. The van der Waals surface area contributed by atoms with Gasteiger partial charge in [0.2, 0.25) is 5.91 Å². The quantitative estimate of drug-likeness (QED) is 0.895. The number of nitrogens with one attached hydrogen (secondary N) is 1. The topological polar surface area (TPSA) is 38.3 Å². The van der Waals surface area contributed by atoms with E-state index in [1.807, 2.05) is 18.2 Å². The van der Waals surface area contributed by atoms with Crippen LogP contribution < -0.4 is 5.32 Å². The standard InChI is InChI=1S/C17H23NO2/c19-16(13-20-15-9-4-5-10-15)18-17(11-6-12-17)14-7-2-1-3-8-14/h1-3,7-8,15H,4-6,9-13H2,(H,18,19). The smallest absolute Gasteiger partial charge is 0.246 e. The molecule has 1 N–H and O–H groups in total. The fourth-order valence-electron chi connectivity index (χ4n) is 3.32. The van der Waals surface area contributed by atoms with Crippen LogP contribution in [0.2, 0.25) is 0 Å². The maximum absolute atomic E-state index is 12.1. The van der Waals surface area contributed by atoms with Crippen LogP contribution in [-0.4, -0.2) is 18.6 Å². The lowest BCUT2D eigenvalue weighted by atomic mass is 9.72. The molecule has 0 atom stereocenters.